The molecule has 2 rings (SSSR count). The molecule has 27 heavy (non-hydrogen) atoms. The van der Waals surface area contributed by atoms with Gasteiger partial charge in [0.2, 0.25) is 0 Å². The Bertz CT molecular complexity index is 516. The number of hydrogen-bond donors (Lipinski definition) is 3. The van der Waals surface area contributed by atoms with Crippen molar-refractivity contribution in [2.24, 2.45) is 11.7 Å². The molecule has 2 fully saturated rings. The molecule has 10 heteroatoms. The Morgan fingerprint density at radius 2 is 1.74 bits per heavy atom. The third kappa shape index (κ3) is 6.87. The molecule has 10 nitrogen and oxygen atoms in total. The van der Waals surface area contributed by atoms with E-state index in [-0.39, 0.29) is 18.7 Å². The van der Waals surface area contributed by atoms with Crippen molar-refractivity contribution in [3.8, 4) is 0 Å². The molecule has 0 aliphatic carbocycles. The summed E-state index contributed by atoms with van der Waals surface area (Å²) in [5.74, 6) is -0.726. The van der Waals surface area contributed by atoms with Crippen LogP contribution in [0.3, 0.4) is 0 Å². The van der Waals surface area contributed by atoms with E-state index in [4.69, 9.17) is 15.6 Å². The van der Waals surface area contributed by atoms with E-state index in [1.54, 1.807) is 9.80 Å². The van der Waals surface area contributed by atoms with Crippen molar-refractivity contribution in [1.82, 2.24) is 20.0 Å². The summed E-state index contributed by atoms with van der Waals surface area (Å²) in [4.78, 5) is 40.3. The average molecular weight is 385 g/mol. The maximum Gasteiger partial charge on any atom is 0.409 e. The van der Waals surface area contributed by atoms with Crippen LogP contribution in [0.4, 0.5) is 9.59 Å². The van der Waals surface area contributed by atoms with Crippen molar-refractivity contribution in [2.75, 3.05) is 59.5 Å². The minimum atomic E-state index is -1.14. The third-order valence-corrected chi connectivity index (χ3v) is 5.21. The SMILES string of the molecule is CN1CCN(C(=O)OCCC2CCN(C(=O)NCC(N)C(=O)O)CC2)CC1. The molecule has 1 unspecified atom stereocenters. The highest BCUT2D eigenvalue weighted by atomic mass is 16.6. The first-order valence-corrected chi connectivity index (χ1v) is 9.48. The molecule has 0 aromatic carbocycles. The minimum Gasteiger partial charge on any atom is -0.480 e. The lowest BCUT2D eigenvalue weighted by Gasteiger charge is -2.33. The van der Waals surface area contributed by atoms with Gasteiger partial charge in [0.05, 0.1) is 6.61 Å². The Hall–Kier alpha value is -2.07. The van der Waals surface area contributed by atoms with E-state index in [1.807, 2.05) is 7.05 Å². The Kier molecular flexibility index (Phi) is 8.11. The van der Waals surface area contributed by atoms with Gasteiger partial charge in [-0.1, -0.05) is 0 Å². The van der Waals surface area contributed by atoms with Gasteiger partial charge in [-0.3, -0.25) is 4.79 Å². The number of carboxylic acid groups (broad SMARTS) is 1. The molecule has 0 aromatic rings. The van der Waals surface area contributed by atoms with Crippen LogP contribution in [-0.2, 0) is 9.53 Å². The lowest BCUT2D eigenvalue weighted by atomic mass is 9.94. The lowest BCUT2D eigenvalue weighted by Crippen LogP contribution is -2.49. The molecule has 2 aliphatic rings. The number of urea groups is 1. The number of rotatable bonds is 6. The van der Waals surface area contributed by atoms with Crippen molar-refractivity contribution in [3.63, 3.8) is 0 Å². The number of aliphatic carboxylic acids is 1. The van der Waals surface area contributed by atoms with E-state index >= 15 is 0 Å². The van der Waals surface area contributed by atoms with Crippen molar-refractivity contribution < 1.29 is 24.2 Å². The number of carbonyl (C=O) groups excluding carboxylic acids is 2. The average Bonchev–Trinajstić information content (AvgIpc) is 2.66. The molecule has 2 saturated heterocycles. The van der Waals surface area contributed by atoms with Gasteiger partial charge in [-0.15, -0.1) is 0 Å². The Labute approximate surface area is 159 Å². The largest absolute Gasteiger partial charge is 0.480 e. The maximum absolute atomic E-state index is 12.0. The molecular formula is C17H31N5O5. The van der Waals surface area contributed by atoms with Gasteiger partial charge in [0, 0.05) is 45.8 Å². The number of carboxylic acids is 1. The van der Waals surface area contributed by atoms with Crippen LogP contribution in [0.1, 0.15) is 19.3 Å². The number of nitrogens with zero attached hydrogens (tertiary/aromatic N) is 3. The number of nitrogens with two attached hydrogens (primary N) is 1. The fourth-order valence-electron chi connectivity index (χ4n) is 3.21. The highest BCUT2D eigenvalue weighted by Crippen LogP contribution is 2.20. The van der Waals surface area contributed by atoms with Gasteiger partial charge >= 0.3 is 18.1 Å². The van der Waals surface area contributed by atoms with Crippen molar-refractivity contribution in [3.05, 3.63) is 0 Å². The van der Waals surface area contributed by atoms with Crippen LogP contribution < -0.4 is 11.1 Å². The second kappa shape index (κ2) is 10.3. The summed E-state index contributed by atoms with van der Waals surface area (Å²) in [7, 11) is 2.04. The quantitative estimate of drug-likeness (QED) is 0.567. The summed E-state index contributed by atoms with van der Waals surface area (Å²) in [6, 6.07) is -1.38. The Balaban J connectivity index is 1.58. The van der Waals surface area contributed by atoms with Crippen LogP contribution >= 0.6 is 0 Å². The number of carbonyl (C=O) groups is 3. The van der Waals surface area contributed by atoms with Gasteiger partial charge in [0.25, 0.3) is 0 Å². The molecule has 0 saturated carbocycles. The van der Waals surface area contributed by atoms with Crippen molar-refractivity contribution >= 4 is 18.1 Å². The smallest absolute Gasteiger partial charge is 0.409 e. The minimum absolute atomic E-state index is 0.0870. The summed E-state index contributed by atoms with van der Waals surface area (Å²) >= 11 is 0. The number of nitrogens with one attached hydrogen (secondary N) is 1. The lowest BCUT2D eigenvalue weighted by molar-refractivity contribution is -0.138. The molecule has 154 valence electrons. The number of piperidine rings is 1. The highest BCUT2D eigenvalue weighted by Gasteiger charge is 2.25. The molecule has 0 bridgehead atoms. The van der Waals surface area contributed by atoms with Crippen LogP contribution in [0.2, 0.25) is 0 Å². The Morgan fingerprint density at radius 1 is 1.11 bits per heavy atom. The summed E-state index contributed by atoms with van der Waals surface area (Å²) in [6.07, 6.45) is 2.22. The number of likely N-dealkylation sites (N-methyl/N-ethyl adjacent to an activating group) is 1. The predicted octanol–water partition coefficient (Wildman–Crippen LogP) is -0.406. The molecule has 1 atom stereocenters. The zero-order valence-electron chi connectivity index (χ0n) is 15.9. The third-order valence-electron chi connectivity index (χ3n) is 5.21. The van der Waals surface area contributed by atoms with Gasteiger partial charge < -0.3 is 35.6 Å². The molecule has 3 amide bonds. The predicted molar refractivity (Wildman–Crippen MR) is 98.3 cm³/mol. The second-order valence-corrected chi connectivity index (χ2v) is 7.25. The second-order valence-electron chi connectivity index (χ2n) is 7.25. The number of ether oxygens (including phenoxy) is 1. The molecule has 2 heterocycles. The van der Waals surface area contributed by atoms with Crippen molar-refractivity contribution in [2.45, 2.75) is 25.3 Å². The molecule has 0 spiro atoms. The van der Waals surface area contributed by atoms with E-state index in [0.717, 1.165) is 32.4 Å². The number of hydrogen-bond acceptors (Lipinski definition) is 6. The summed E-state index contributed by atoms with van der Waals surface area (Å²) in [6.45, 7) is 4.66. The van der Waals surface area contributed by atoms with Gasteiger partial charge in [-0.2, -0.15) is 0 Å². The Morgan fingerprint density at radius 3 is 2.33 bits per heavy atom. The topological polar surface area (TPSA) is 128 Å². The first-order chi connectivity index (χ1) is 12.9. The normalized spacial score (nSPS) is 20.2. The van der Waals surface area contributed by atoms with Gasteiger partial charge in [0.1, 0.15) is 6.04 Å². The monoisotopic (exact) mass is 385 g/mol. The summed E-state index contributed by atoms with van der Waals surface area (Å²) in [5.41, 5.74) is 5.38. The summed E-state index contributed by atoms with van der Waals surface area (Å²) < 4.78 is 5.39. The first kappa shape index (κ1) is 21.2. The summed E-state index contributed by atoms with van der Waals surface area (Å²) in [5, 5.41) is 11.3. The zero-order valence-corrected chi connectivity index (χ0v) is 15.9. The number of amides is 3. The first-order valence-electron chi connectivity index (χ1n) is 9.48. The van der Waals surface area contributed by atoms with E-state index in [1.165, 1.54) is 0 Å². The van der Waals surface area contributed by atoms with Crippen LogP contribution in [0.25, 0.3) is 0 Å². The van der Waals surface area contributed by atoms with Crippen LogP contribution in [-0.4, -0.2) is 103 Å². The number of likely N-dealkylation sites (tertiary alicyclic amines) is 1. The van der Waals surface area contributed by atoms with Gasteiger partial charge in [-0.25, -0.2) is 9.59 Å². The van der Waals surface area contributed by atoms with Crippen LogP contribution in [0.15, 0.2) is 0 Å². The van der Waals surface area contributed by atoms with Crippen LogP contribution in [0, 0.1) is 5.92 Å². The number of piperazine rings is 1. The van der Waals surface area contributed by atoms with E-state index in [2.05, 4.69) is 10.2 Å². The van der Waals surface area contributed by atoms with E-state index in [9.17, 15) is 14.4 Å². The van der Waals surface area contributed by atoms with Gasteiger partial charge in [0.15, 0.2) is 0 Å². The highest BCUT2D eigenvalue weighted by molar-refractivity contribution is 5.77. The molecule has 0 radical (unpaired) electrons. The standard InChI is InChI=1S/C17H31N5O5/c1-20-7-9-22(10-8-20)17(26)27-11-4-13-2-5-21(6-3-13)16(25)19-12-14(18)15(23)24/h13-14H,2-12,18H2,1H3,(H,19,25)(H,23,24). The molecule has 2 aliphatic heterocycles. The molecule has 0 aromatic heterocycles. The molecular weight excluding hydrogens is 354 g/mol. The fraction of sp³-hybridized carbons (Fsp3) is 0.824. The van der Waals surface area contributed by atoms with Crippen LogP contribution in [0.5, 0.6) is 0 Å². The van der Waals surface area contributed by atoms with E-state index in [0.29, 0.717) is 38.7 Å². The van der Waals surface area contributed by atoms with E-state index < -0.39 is 12.0 Å². The fourth-order valence-corrected chi connectivity index (χ4v) is 3.21. The van der Waals surface area contributed by atoms with Gasteiger partial charge in [-0.05, 0) is 32.2 Å². The van der Waals surface area contributed by atoms with Crippen molar-refractivity contribution in [1.29, 1.82) is 0 Å². The zero-order chi connectivity index (χ0) is 19.8. The molecule has 4 N–H and O–H groups in total. The maximum atomic E-state index is 12.0.